The first-order chi connectivity index (χ1) is 15.2. The molecule has 4 fully saturated rings. The van der Waals surface area contributed by atoms with E-state index in [0.29, 0.717) is 29.6 Å². The zero-order valence-corrected chi connectivity index (χ0v) is 22.3. The number of hydrogen-bond acceptors (Lipinski definition) is 3. The smallest absolute Gasteiger partial charge is 0.0604 e. The summed E-state index contributed by atoms with van der Waals surface area (Å²) in [4.78, 5) is 0. The predicted octanol–water partition coefficient (Wildman–Crippen LogP) is 5.97. The SMILES string of the molecule is C[C@@H]1C[C@@]2(C)[C@H](O)CC(C)(C)C[C@H]2C2=CC[C@@H]3[C@H](C[C@@](C)(CO)[C@@H]4C[C@@H](O)CC[C@]34C)[C@@]21C. The van der Waals surface area contributed by atoms with Crippen LogP contribution in [0.4, 0.5) is 0 Å². The van der Waals surface area contributed by atoms with E-state index in [9.17, 15) is 15.3 Å². The first-order valence-electron chi connectivity index (χ1n) is 13.9. The van der Waals surface area contributed by atoms with Crippen LogP contribution >= 0.6 is 0 Å². The van der Waals surface area contributed by atoms with Crippen molar-refractivity contribution in [2.24, 2.45) is 56.7 Å². The van der Waals surface area contributed by atoms with Gasteiger partial charge in [-0.3, -0.25) is 0 Å². The zero-order valence-electron chi connectivity index (χ0n) is 22.3. The van der Waals surface area contributed by atoms with E-state index in [1.807, 2.05) is 0 Å². The molecule has 0 aromatic carbocycles. The number of rotatable bonds is 1. The molecule has 0 unspecified atom stereocenters. The summed E-state index contributed by atoms with van der Waals surface area (Å²) in [6, 6.07) is 0. The minimum absolute atomic E-state index is 0.0244. The Labute approximate surface area is 202 Å². The van der Waals surface area contributed by atoms with Gasteiger partial charge in [-0.2, -0.15) is 0 Å². The molecule has 3 heteroatoms. The van der Waals surface area contributed by atoms with Crippen molar-refractivity contribution in [3.05, 3.63) is 11.6 Å². The van der Waals surface area contributed by atoms with Gasteiger partial charge in [0.1, 0.15) is 0 Å². The van der Waals surface area contributed by atoms with Gasteiger partial charge in [0.25, 0.3) is 0 Å². The lowest BCUT2D eigenvalue weighted by atomic mass is 9.35. The first kappa shape index (κ1) is 24.3. The van der Waals surface area contributed by atoms with Crippen molar-refractivity contribution in [3.63, 3.8) is 0 Å². The highest BCUT2D eigenvalue weighted by Gasteiger charge is 2.67. The van der Waals surface area contributed by atoms with Gasteiger partial charge in [0.05, 0.1) is 12.2 Å². The van der Waals surface area contributed by atoms with Crippen LogP contribution < -0.4 is 0 Å². The molecule has 188 valence electrons. The second-order valence-corrected chi connectivity index (χ2v) is 15.1. The lowest BCUT2D eigenvalue weighted by Gasteiger charge is -2.70. The van der Waals surface area contributed by atoms with Crippen LogP contribution in [0.5, 0.6) is 0 Å². The van der Waals surface area contributed by atoms with Crippen LogP contribution in [0, 0.1) is 56.7 Å². The molecule has 11 atom stereocenters. The molecular weight excluding hydrogens is 408 g/mol. The fraction of sp³-hybridized carbons (Fsp3) is 0.933. The molecule has 3 nitrogen and oxygen atoms in total. The molecular formula is C30H50O3. The van der Waals surface area contributed by atoms with Crippen LogP contribution in [0.1, 0.15) is 99.8 Å². The Morgan fingerprint density at radius 2 is 1.61 bits per heavy atom. The van der Waals surface area contributed by atoms with E-state index in [2.05, 4.69) is 54.5 Å². The maximum absolute atomic E-state index is 11.4. The van der Waals surface area contributed by atoms with Crippen LogP contribution in [0.15, 0.2) is 11.6 Å². The van der Waals surface area contributed by atoms with Gasteiger partial charge in [0.2, 0.25) is 0 Å². The standard InChI is InChI=1S/C30H50O3/c1-18-13-29(6)22(14-26(2,3)16-25(29)33)21-9-8-20-23(30(18,21)7)15-27(4,17-31)24-12-19(32)10-11-28(20,24)5/h9,18-20,22-25,31-33H,8,10-17H2,1-7H3/t18-,19+,20-,22+,23+,24+,25-,27+,28-,29-,30-/m1/s1. The second-order valence-electron chi connectivity index (χ2n) is 15.1. The van der Waals surface area contributed by atoms with Crippen LogP contribution in [0.25, 0.3) is 0 Å². The van der Waals surface area contributed by atoms with Crippen molar-refractivity contribution < 1.29 is 15.3 Å². The Balaban J connectivity index is 1.62. The Morgan fingerprint density at radius 1 is 0.909 bits per heavy atom. The average Bonchev–Trinajstić information content (AvgIpc) is 2.72. The van der Waals surface area contributed by atoms with E-state index in [-0.39, 0.29) is 45.9 Å². The quantitative estimate of drug-likeness (QED) is 0.424. The molecule has 33 heavy (non-hydrogen) atoms. The van der Waals surface area contributed by atoms with Gasteiger partial charge < -0.3 is 15.3 Å². The molecule has 4 saturated carbocycles. The summed E-state index contributed by atoms with van der Waals surface area (Å²) in [5, 5.41) is 32.7. The van der Waals surface area contributed by atoms with Gasteiger partial charge in [-0.1, -0.05) is 60.1 Å². The van der Waals surface area contributed by atoms with Crippen molar-refractivity contribution in [1.29, 1.82) is 0 Å². The monoisotopic (exact) mass is 458 g/mol. The molecule has 3 N–H and O–H groups in total. The molecule has 5 rings (SSSR count). The van der Waals surface area contributed by atoms with Crippen LogP contribution in [-0.4, -0.2) is 34.1 Å². The van der Waals surface area contributed by atoms with E-state index < -0.39 is 0 Å². The Morgan fingerprint density at radius 3 is 2.27 bits per heavy atom. The van der Waals surface area contributed by atoms with Crippen molar-refractivity contribution in [2.45, 2.75) is 112 Å². The lowest BCUT2D eigenvalue weighted by molar-refractivity contribution is -0.196. The molecule has 0 amide bonds. The van der Waals surface area contributed by atoms with Crippen LogP contribution in [0.3, 0.4) is 0 Å². The van der Waals surface area contributed by atoms with Gasteiger partial charge in [0.15, 0.2) is 0 Å². The summed E-state index contributed by atoms with van der Waals surface area (Å²) in [5.41, 5.74) is 1.97. The third kappa shape index (κ3) is 3.17. The number of fused-ring (bicyclic) bond motifs is 7. The van der Waals surface area contributed by atoms with E-state index >= 15 is 0 Å². The number of aliphatic hydroxyl groups excluding tert-OH is 3. The van der Waals surface area contributed by atoms with Crippen LogP contribution in [0.2, 0.25) is 0 Å². The molecule has 0 aromatic heterocycles. The van der Waals surface area contributed by atoms with Gasteiger partial charge in [-0.05, 0) is 103 Å². The summed E-state index contributed by atoms with van der Waals surface area (Å²) >= 11 is 0. The molecule has 0 bridgehead atoms. The second kappa shape index (κ2) is 7.32. The fourth-order valence-electron chi connectivity index (χ4n) is 10.6. The van der Waals surface area contributed by atoms with Crippen molar-refractivity contribution >= 4 is 0 Å². The summed E-state index contributed by atoms with van der Waals surface area (Å²) in [5.74, 6) is 2.55. The van der Waals surface area contributed by atoms with Crippen LogP contribution in [-0.2, 0) is 0 Å². The third-order valence-corrected chi connectivity index (χ3v) is 12.7. The molecule has 0 saturated heterocycles. The first-order valence-corrected chi connectivity index (χ1v) is 13.9. The summed E-state index contributed by atoms with van der Waals surface area (Å²) in [6.07, 6.45) is 10.4. The molecule has 0 heterocycles. The molecule has 5 aliphatic rings. The highest BCUT2D eigenvalue weighted by molar-refractivity contribution is 5.33. The van der Waals surface area contributed by atoms with Gasteiger partial charge in [0, 0.05) is 12.0 Å². The van der Waals surface area contributed by atoms with Crippen molar-refractivity contribution in [1.82, 2.24) is 0 Å². The van der Waals surface area contributed by atoms with Gasteiger partial charge in [-0.25, -0.2) is 0 Å². The van der Waals surface area contributed by atoms with E-state index in [4.69, 9.17) is 0 Å². The maximum atomic E-state index is 11.4. The van der Waals surface area contributed by atoms with Crippen molar-refractivity contribution in [3.8, 4) is 0 Å². The predicted molar refractivity (Wildman–Crippen MR) is 133 cm³/mol. The number of aliphatic hydroxyl groups is 3. The summed E-state index contributed by atoms with van der Waals surface area (Å²) in [7, 11) is 0. The lowest BCUT2D eigenvalue weighted by Crippen LogP contribution is -2.64. The molecule has 0 radical (unpaired) electrons. The Hall–Kier alpha value is -0.380. The average molecular weight is 459 g/mol. The summed E-state index contributed by atoms with van der Waals surface area (Å²) in [6.45, 7) is 17.1. The number of allylic oxidation sites excluding steroid dienone is 2. The summed E-state index contributed by atoms with van der Waals surface area (Å²) < 4.78 is 0. The molecule has 0 aromatic rings. The van der Waals surface area contributed by atoms with E-state index in [0.717, 1.165) is 44.9 Å². The maximum Gasteiger partial charge on any atom is 0.0604 e. The van der Waals surface area contributed by atoms with Gasteiger partial charge >= 0.3 is 0 Å². The Bertz CT molecular complexity index is 832. The van der Waals surface area contributed by atoms with Gasteiger partial charge in [-0.15, -0.1) is 0 Å². The highest BCUT2D eigenvalue weighted by atomic mass is 16.3. The largest absolute Gasteiger partial charge is 0.396 e. The Kier molecular flexibility index (Phi) is 5.40. The van der Waals surface area contributed by atoms with E-state index in [1.165, 1.54) is 6.42 Å². The van der Waals surface area contributed by atoms with E-state index in [1.54, 1.807) is 5.57 Å². The molecule has 5 aliphatic carbocycles. The third-order valence-electron chi connectivity index (χ3n) is 12.7. The minimum atomic E-state index is -0.229. The highest BCUT2D eigenvalue weighted by Crippen LogP contribution is 2.73. The normalized spacial score (nSPS) is 57.8. The topological polar surface area (TPSA) is 60.7 Å². The minimum Gasteiger partial charge on any atom is -0.396 e. The number of hydrogen-bond donors (Lipinski definition) is 3. The molecule has 0 aliphatic heterocycles. The zero-order chi connectivity index (χ0) is 24.2. The fourth-order valence-corrected chi connectivity index (χ4v) is 10.6. The van der Waals surface area contributed by atoms with Crippen molar-refractivity contribution in [2.75, 3.05) is 6.61 Å². The molecule has 0 spiro atoms.